The van der Waals surface area contributed by atoms with Crippen molar-refractivity contribution < 1.29 is 14.3 Å². The van der Waals surface area contributed by atoms with Gasteiger partial charge in [0.25, 0.3) is 11.8 Å². The highest BCUT2D eigenvalue weighted by molar-refractivity contribution is 6.30. The molecule has 0 N–H and O–H groups in total. The minimum atomic E-state index is -0.264. The first-order valence-corrected chi connectivity index (χ1v) is 11.0. The van der Waals surface area contributed by atoms with Crippen LogP contribution in [0.3, 0.4) is 0 Å². The lowest BCUT2D eigenvalue weighted by atomic mass is 9.89. The van der Waals surface area contributed by atoms with Crippen LogP contribution in [0.2, 0.25) is 5.02 Å². The maximum absolute atomic E-state index is 12.7. The Morgan fingerprint density at radius 3 is 2.40 bits per heavy atom. The van der Waals surface area contributed by atoms with E-state index in [1.54, 1.807) is 18.2 Å². The predicted molar refractivity (Wildman–Crippen MR) is 117 cm³/mol. The van der Waals surface area contributed by atoms with Gasteiger partial charge in [0.2, 0.25) is 0 Å². The summed E-state index contributed by atoms with van der Waals surface area (Å²) in [6.45, 7) is 3.51. The fourth-order valence-electron chi connectivity index (χ4n) is 4.30. The summed E-state index contributed by atoms with van der Waals surface area (Å²) in [5.74, 6) is 0.574. The third-order valence-electron chi connectivity index (χ3n) is 6.05. The van der Waals surface area contributed by atoms with Gasteiger partial charge in [0.15, 0.2) is 6.61 Å². The molecule has 1 saturated heterocycles. The van der Waals surface area contributed by atoms with Crippen LogP contribution in [0.4, 0.5) is 0 Å². The van der Waals surface area contributed by atoms with Gasteiger partial charge >= 0.3 is 0 Å². The Bertz CT molecular complexity index is 892. The first-order chi connectivity index (χ1) is 14.6. The maximum Gasteiger partial charge on any atom is 0.267 e. The molecule has 2 amide bonds. The minimum Gasteiger partial charge on any atom is -0.483 e. The second-order valence-electron chi connectivity index (χ2n) is 8.01. The number of piperidine rings is 1. The molecule has 4 rings (SSSR count). The van der Waals surface area contributed by atoms with E-state index in [4.69, 9.17) is 16.3 Å². The number of carbonyl (C=O) groups is 2. The van der Waals surface area contributed by atoms with Gasteiger partial charge in [-0.25, -0.2) is 0 Å². The third-order valence-corrected chi connectivity index (χ3v) is 6.30. The Kier molecular flexibility index (Phi) is 6.70. The molecule has 0 atom stereocenters. The molecule has 1 fully saturated rings. The average molecular weight is 427 g/mol. The van der Waals surface area contributed by atoms with E-state index in [0.29, 0.717) is 23.8 Å². The molecule has 0 aromatic heterocycles. The number of nitrogens with zero attached hydrogens (tertiary/aromatic N) is 2. The van der Waals surface area contributed by atoms with Crippen LogP contribution < -0.4 is 4.74 Å². The number of carbonyl (C=O) groups excluding carboxylic acids is 2. The summed E-state index contributed by atoms with van der Waals surface area (Å²) >= 11 is 5.99. The molecular weight excluding hydrogens is 400 g/mol. The van der Waals surface area contributed by atoms with Crippen molar-refractivity contribution in [1.29, 1.82) is 0 Å². The number of benzene rings is 2. The Hall–Kier alpha value is -2.37. The lowest BCUT2D eigenvalue weighted by Gasteiger charge is -2.32. The van der Waals surface area contributed by atoms with E-state index >= 15 is 0 Å². The normalized spacial score (nSPS) is 18.1. The van der Waals surface area contributed by atoms with Crippen LogP contribution in [0.15, 0.2) is 48.5 Å². The van der Waals surface area contributed by atoms with E-state index in [0.717, 1.165) is 50.3 Å². The standard InChI is InChI=1S/C24H27ClN2O3/c25-20-9-7-18(8-10-20)19-11-15-26(16-12-19)13-3-4-14-27-23(28)17-30-22-6-2-1-5-21(22)24(27)29/h1-2,5-10,19H,3-4,11-17H2. The number of para-hydroxylation sites is 1. The minimum absolute atomic E-state index is 0.0824. The van der Waals surface area contributed by atoms with Crippen LogP contribution in [-0.4, -0.2) is 54.4 Å². The summed E-state index contributed by atoms with van der Waals surface area (Å²) in [5.41, 5.74) is 1.84. The number of hydrogen-bond acceptors (Lipinski definition) is 4. The van der Waals surface area contributed by atoms with Crippen molar-refractivity contribution >= 4 is 23.4 Å². The fraction of sp³-hybridized carbons (Fsp3) is 0.417. The number of unbranched alkanes of at least 4 members (excludes halogenated alkanes) is 1. The first kappa shape index (κ1) is 20.9. The summed E-state index contributed by atoms with van der Waals surface area (Å²) in [6, 6.07) is 15.3. The Balaban J connectivity index is 1.22. The van der Waals surface area contributed by atoms with Crippen LogP contribution in [0, 0.1) is 0 Å². The maximum atomic E-state index is 12.7. The second kappa shape index (κ2) is 9.63. The van der Waals surface area contributed by atoms with Crippen molar-refractivity contribution in [3.8, 4) is 5.75 Å². The zero-order valence-corrected chi connectivity index (χ0v) is 17.8. The van der Waals surface area contributed by atoms with Crippen molar-refractivity contribution in [2.75, 3.05) is 32.8 Å². The summed E-state index contributed by atoms with van der Waals surface area (Å²) < 4.78 is 5.49. The van der Waals surface area contributed by atoms with E-state index in [1.165, 1.54) is 10.5 Å². The van der Waals surface area contributed by atoms with E-state index in [1.807, 2.05) is 18.2 Å². The molecule has 0 unspecified atom stereocenters. The molecule has 158 valence electrons. The lowest BCUT2D eigenvalue weighted by molar-refractivity contribution is -0.130. The van der Waals surface area contributed by atoms with E-state index < -0.39 is 0 Å². The van der Waals surface area contributed by atoms with Crippen LogP contribution in [0.5, 0.6) is 5.75 Å². The van der Waals surface area contributed by atoms with Gasteiger partial charge in [0.05, 0.1) is 5.56 Å². The Morgan fingerprint density at radius 1 is 0.933 bits per heavy atom. The van der Waals surface area contributed by atoms with Gasteiger partial charge in [-0.2, -0.15) is 0 Å². The summed E-state index contributed by atoms with van der Waals surface area (Å²) in [6.07, 6.45) is 4.07. The fourth-order valence-corrected chi connectivity index (χ4v) is 4.43. The molecule has 2 heterocycles. The second-order valence-corrected chi connectivity index (χ2v) is 8.45. The number of halogens is 1. The highest BCUT2D eigenvalue weighted by Crippen LogP contribution is 2.29. The number of fused-ring (bicyclic) bond motifs is 1. The summed E-state index contributed by atoms with van der Waals surface area (Å²) in [7, 11) is 0. The van der Waals surface area contributed by atoms with Gasteiger partial charge in [-0.05, 0) is 81.1 Å². The topological polar surface area (TPSA) is 49.9 Å². The third kappa shape index (κ3) is 4.85. The Morgan fingerprint density at radius 2 is 1.63 bits per heavy atom. The predicted octanol–water partition coefficient (Wildman–Crippen LogP) is 4.36. The van der Waals surface area contributed by atoms with Crippen molar-refractivity contribution in [2.45, 2.75) is 31.6 Å². The van der Waals surface area contributed by atoms with E-state index in [2.05, 4.69) is 17.0 Å². The molecule has 0 saturated carbocycles. The highest BCUT2D eigenvalue weighted by atomic mass is 35.5. The van der Waals surface area contributed by atoms with Crippen LogP contribution in [-0.2, 0) is 4.79 Å². The number of hydrogen-bond donors (Lipinski definition) is 0. The molecule has 0 spiro atoms. The molecule has 2 aromatic carbocycles. The number of ether oxygens (including phenoxy) is 1. The molecule has 0 bridgehead atoms. The van der Waals surface area contributed by atoms with Crippen molar-refractivity contribution in [2.24, 2.45) is 0 Å². The zero-order chi connectivity index (χ0) is 20.9. The van der Waals surface area contributed by atoms with Crippen LogP contribution in [0.1, 0.15) is 47.5 Å². The molecule has 6 heteroatoms. The molecule has 0 aliphatic carbocycles. The van der Waals surface area contributed by atoms with Crippen LogP contribution >= 0.6 is 11.6 Å². The lowest BCUT2D eigenvalue weighted by Crippen LogP contribution is -2.39. The van der Waals surface area contributed by atoms with Crippen LogP contribution in [0.25, 0.3) is 0 Å². The Labute approximate surface area is 182 Å². The number of imide groups is 1. The highest BCUT2D eigenvalue weighted by Gasteiger charge is 2.29. The molecule has 2 aliphatic heterocycles. The number of rotatable bonds is 6. The van der Waals surface area contributed by atoms with Gasteiger partial charge in [-0.1, -0.05) is 35.9 Å². The average Bonchev–Trinajstić information content (AvgIpc) is 2.89. The summed E-state index contributed by atoms with van der Waals surface area (Å²) in [4.78, 5) is 28.9. The monoisotopic (exact) mass is 426 g/mol. The van der Waals surface area contributed by atoms with E-state index in [-0.39, 0.29) is 18.4 Å². The zero-order valence-electron chi connectivity index (χ0n) is 17.1. The smallest absolute Gasteiger partial charge is 0.267 e. The number of amides is 2. The molecule has 2 aliphatic rings. The van der Waals surface area contributed by atoms with Crippen molar-refractivity contribution in [3.63, 3.8) is 0 Å². The molecule has 5 nitrogen and oxygen atoms in total. The van der Waals surface area contributed by atoms with Crippen molar-refractivity contribution in [3.05, 3.63) is 64.7 Å². The first-order valence-electron chi connectivity index (χ1n) is 10.7. The van der Waals surface area contributed by atoms with E-state index in [9.17, 15) is 9.59 Å². The van der Waals surface area contributed by atoms with Gasteiger partial charge in [-0.15, -0.1) is 0 Å². The van der Waals surface area contributed by atoms with Gasteiger partial charge in [-0.3, -0.25) is 14.5 Å². The van der Waals surface area contributed by atoms with Gasteiger partial charge in [0.1, 0.15) is 5.75 Å². The largest absolute Gasteiger partial charge is 0.483 e. The quantitative estimate of drug-likeness (QED) is 0.508. The molecule has 0 radical (unpaired) electrons. The van der Waals surface area contributed by atoms with Crippen molar-refractivity contribution in [1.82, 2.24) is 9.80 Å². The molecular formula is C24H27ClN2O3. The summed E-state index contributed by atoms with van der Waals surface area (Å²) in [5, 5.41) is 0.785. The SMILES string of the molecule is O=C1COc2ccccc2C(=O)N1CCCCN1CCC(c2ccc(Cl)cc2)CC1. The number of likely N-dealkylation sites (tertiary alicyclic amines) is 1. The molecule has 30 heavy (non-hydrogen) atoms. The van der Waals surface area contributed by atoms with Gasteiger partial charge in [0, 0.05) is 11.6 Å². The van der Waals surface area contributed by atoms with Gasteiger partial charge < -0.3 is 9.64 Å². The molecule has 2 aromatic rings.